The SMILES string of the molecule is Nc1ccc(-c2cn(-c3ccc(Nc4ccccc4)cc3)nn2)cc1. The van der Waals surface area contributed by atoms with Crippen molar-refractivity contribution < 1.29 is 0 Å². The summed E-state index contributed by atoms with van der Waals surface area (Å²) >= 11 is 0. The summed E-state index contributed by atoms with van der Waals surface area (Å²) in [6.45, 7) is 0. The van der Waals surface area contributed by atoms with Gasteiger partial charge in [0.1, 0.15) is 5.69 Å². The van der Waals surface area contributed by atoms with Crippen molar-refractivity contribution >= 4 is 17.1 Å². The molecule has 0 saturated heterocycles. The molecule has 0 bridgehead atoms. The van der Waals surface area contributed by atoms with Gasteiger partial charge in [0.2, 0.25) is 0 Å². The molecular formula is C20H17N5. The lowest BCUT2D eigenvalue weighted by atomic mass is 10.1. The van der Waals surface area contributed by atoms with E-state index in [1.54, 1.807) is 4.68 Å². The van der Waals surface area contributed by atoms with Crippen LogP contribution in [0.15, 0.2) is 85.1 Å². The van der Waals surface area contributed by atoms with Crippen LogP contribution in [0.1, 0.15) is 0 Å². The van der Waals surface area contributed by atoms with Gasteiger partial charge in [-0.05, 0) is 48.5 Å². The molecule has 0 atom stereocenters. The van der Waals surface area contributed by atoms with E-state index in [0.717, 1.165) is 34.0 Å². The number of rotatable bonds is 4. The van der Waals surface area contributed by atoms with Gasteiger partial charge < -0.3 is 11.1 Å². The first-order chi connectivity index (χ1) is 12.3. The fraction of sp³-hybridized carbons (Fsp3) is 0. The second kappa shape index (κ2) is 6.49. The van der Waals surface area contributed by atoms with Gasteiger partial charge in [0.05, 0.1) is 11.9 Å². The van der Waals surface area contributed by atoms with E-state index in [-0.39, 0.29) is 0 Å². The predicted molar refractivity (Wildman–Crippen MR) is 101 cm³/mol. The summed E-state index contributed by atoms with van der Waals surface area (Å²) in [4.78, 5) is 0. The minimum Gasteiger partial charge on any atom is -0.399 e. The van der Waals surface area contributed by atoms with Gasteiger partial charge >= 0.3 is 0 Å². The summed E-state index contributed by atoms with van der Waals surface area (Å²) in [5, 5.41) is 11.8. The third-order valence-corrected chi connectivity index (χ3v) is 3.89. The van der Waals surface area contributed by atoms with Crippen LogP contribution in [-0.2, 0) is 0 Å². The van der Waals surface area contributed by atoms with E-state index in [2.05, 4.69) is 15.6 Å². The predicted octanol–water partition coefficient (Wildman–Crippen LogP) is 4.26. The second-order valence-electron chi connectivity index (χ2n) is 5.71. The van der Waals surface area contributed by atoms with Gasteiger partial charge in [0.15, 0.2) is 0 Å². The second-order valence-corrected chi connectivity index (χ2v) is 5.71. The molecule has 0 aliphatic carbocycles. The Morgan fingerprint density at radius 2 is 1.44 bits per heavy atom. The van der Waals surface area contributed by atoms with Crippen LogP contribution >= 0.6 is 0 Å². The Balaban J connectivity index is 1.53. The fourth-order valence-corrected chi connectivity index (χ4v) is 2.56. The summed E-state index contributed by atoms with van der Waals surface area (Å²) in [5.41, 5.74) is 11.3. The molecule has 1 aromatic heterocycles. The Hall–Kier alpha value is -3.60. The Morgan fingerprint density at radius 3 is 2.16 bits per heavy atom. The Morgan fingerprint density at radius 1 is 0.760 bits per heavy atom. The number of hydrogen-bond donors (Lipinski definition) is 2. The van der Waals surface area contributed by atoms with Crippen LogP contribution in [0.25, 0.3) is 16.9 Å². The maximum absolute atomic E-state index is 5.72. The molecule has 1 heterocycles. The van der Waals surface area contributed by atoms with Crippen molar-refractivity contribution in [2.24, 2.45) is 0 Å². The lowest BCUT2D eigenvalue weighted by Gasteiger charge is -2.07. The van der Waals surface area contributed by atoms with E-state index in [4.69, 9.17) is 5.73 Å². The molecule has 5 heteroatoms. The smallest absolute Gasteiger partial charge is 0.113 e. The lowest BCUT2D eigenvalue weighted by Crippen LogP contribution is -1.95. The molecule has 0 unspecified atom stereocenters. The first kappa shape index (κ1) is 15.0. The number of nitrogens with zero attached hydrogens (tertiary/aromatic N) is 3. The van der Waals surface area contributed by atoms with Crippen molar-refractivity contribution in [1.82, 2.24) is 15.0 Å². The Kier molecular flexibility index (Phi) is 3.88. The highest BCUT2D eigenvalue weighted by Gasteiger charge is 2.05. The highest BCUT2D eigenvalue weighted by atomic mass is 15.4. The standard InChI is InChI=1S/C20H17N5/c21-16-8-6-15(7-9-16)20-14-25(24-23-20)19-12-10-18(11-13-19)22-17-4-2-1-3-5-17/h1-14,22H,21H2. The van der Waals surface area contributed by atoms with Crippen LogP contribution in [0, 0.1) is 0 Å². The van der Waals surface area contributed by atoms with Crippen molar-refractivity contribution in [2.75, 3.05) is 11.1 Å². The topological polar surface area (TPSA) is 68.8 Å². The van der Waals surface area contributed by atoms with E-state index < -0.39 is 0 Å². The number of benzene rings is 3. The van der Waals surface area contributed by atoms with Crippen LogP contribution in [0.5, 0.6) is 0 Å². The lowest BCUT2D eigenvalue weighted by molar-refractivity contribution is 0.804. The highest BCUT2D eigenvalue weighted by molar-refractivity contribution is 5.62. The highest BCUT2D eigenvalue weighted by Crippen LogP contribution is 2.21. The molecule has 0 amide bonds. The van der Waals surface area contributed by atoms with E-state index in [0.29, 0.717) is 0 Å². The molecule has 5 nitrogen and oxygen atoms in total. The summed E-state index contributed by atoms with van der Waals surface area (Å²) in [7, 11) is 0. The largest absolute Gasteiger partial charge is 0.399 e. The molecule has 4 aromatic rings. The van der Waals surface area contributed by atoms with E-state index in [1.165, 1.54) is 0 Å². The van der Waals surface area contributed by atoms with Gasteiger partial charge in [-0.1, -0.05) is 35.5 Å². The van der Waals surface area contributed by atoms with Crippen LogP contribution in [0.2, 0.25) is 0 Å². The number of hydrogen-bond acceptors (Lipinski definition) is 4. The third-order valence-electron chi connectivity index (χ3n) is 3.89. The van der Waals surface area contributed by atoms with Crippen molar-refractivity contribution in [3.63, 3.8) is 0 Å². The minimum atomic E-state index is 0.734. The molecule has 0 aliphatic heterocycles. The normalized spacial score (nSPS) is 10.6. The number of para-hydroxylation sites is 1. The maximum atomic E-state index is 5.72. The van der Waals surface area contributed by atoms with Crippen molar-refractivity contribution in [3.8, 4) is 16.9 Å². The molecule has 0 fully saturated rings. The van der Waals surface area contributed by atoms with Crippen LogP contribution < -0.4 is 11.1 Å². The molecule has 0 radical (unpaired) electrons. The molecule has 4 rings (SSSR count). The van der Waals surface area contributed by atoms with Crippen molar-refractivity contribution in [2.45, 2.75) is 0 Å². The summed E-state index contributed by atoms with van der Waals surface area (Å²) in [6, 6.07) is 25.7. The summed E-state index contributed by atoms with van der Waals surface area (Å²) in [5.74, 6) is 0. The zero-order valence-electron chi connectivity index (χ0n) is 13.5. The Labute approximate surface area is 145 Å². The summed E-state index contributed by atoms with van der Waals surface area (Å²) < 4.78 is 1.76. The van der Waals surface area contributed by atoms with Crippen molar-refractivity contribution in [3.05, 3.63) is 85.1 Å². The van der Waals surface area contributed by atoms with E-state index in [9.17, 15) is 0 Å². The Bertz CT molecular complexity index is 957. The molecule has 25 heavy (non-hydrogen) atoms. The molecule has 3 aromatic carbocycles. The molecule has 0 aliphatic rings. The average Bonchev–Trinajstić information content (AvgIpc) is 3.14. The quantitative estimate of drug-likeness (QED) is 0.550. The van der Waals surface area contributed by atoms with Crippen LogP contribution in [-0.4, -0.2) is 15.0 Å². The maximum Gasteiger partial charge on any atom is 0.113 e. The van der Waals surface area contributed by atoms with Gasteiger partial charge in [-0.2, -0.15) is 0 Å². The van der Waals surface area contributed by atoms with Crippen molar-refractivity contribution in [1.29, 1.82) is 0 Å². The molecule has 0 spiro atoms. The first-order valence-electron chi connectivity index (χ1n) is 7.99. The van der Waals surface area contributed by atoms with Gasteiger partial charge in [-0.15, -0.1) is 5.10 Å². The molecular weight excluding hydrogens is 310 g/mol. The molecule has 0 saturated carbocycles. The molecule has 3 N–H and O–H groups in total. The van der Waals surface area contributed by atoms with Gasteiger partial charge in [-0.25, -0.2) is 4.68 Å². The first-order valence-corrected chi connectivity index (χ1v) is 7.99. The summed E-state index contributed by atoms with van der Waals surface area (Å²) in [6.07, 6.45) is 1.91. The monoisotopic (exact) mass is 327 g/mol. The number of anilines is 3. The van der Waals surface area contributed by atoms with Gasteiger partial charge in [-0.3, -0.25) is 0 Å². The van der Waals surface area contributed by atoms with Gasteiger partial charge in [0, 0.05) is 22.6 Å². The van der Waals surface area contributed by atoms with E-state index in [1.807, 2.05) is 85.1 Å². The minimum absolute atomic E-state index is 0.734. The van der Waals surface area contributed by atoms with E-state index >= 15 is 0 Å². The average molecular weight is 327 g/mol. The number of aromatic nitrogens is 3. The zero-order valence-corrected chi connectivity index (χ0v) is 13.5. The molecule has 122 valence electrons. The fourth-order valence-electron chi connectivity index (χ4n) is 2.56. The number of nitrogens with one attached hydrogen (secondary N) is 1. The number of nitrogen functional groups attached to an aromatic ring is 1. The van der Waals surface area contributed by atoms with Crippen LogP contribution in [0.4, 0.5) is 17.1 Å². The number of nitrogens with two attached hydrogens (primary N) is 1. The van der Waals surface area contributed by atoms with Gasteiger partial charge in [0.25, 0.3) is 0 Å². The third kappa shape index (κ3) is 3.35. The zero-order chi connectivity index (χ0) is 17.1. The van der Waals surface area contributed by atoms with Crippen LogP contribution in [0.3, 0.4) is 0 Å².